The first-order chi connectivity index (χ1) is 20.5. The van der Waals surface area contributed by atoms with Gasteiger partial charge < -0.3 is 24.2 Å². The molecule has 3 atom stereocenters. The van der Waals surface area contributed by atoms with Crippen molar-refractivity contribution < 1.29 is 27.9 Å². The van der Waals surface area contributed by atoms with Gasteiger partial charge >= 0.3 is 13.7 Å². The molecular formula is C31H44ClN4O6P. The summed E-state index contributed by atoms with van der Waals surface area (Å²) in [5, 5.41) is 8.02. The van der Waals surface area contributed by atoms with Crippen LogP contribution in [0.15, 0.2) is 54.7 Å². The van der Waals surface area contributed by atoms with Crippen LogP contribution in [-0.4, -0.2) is 67.4 Å². The predicted octanol–water partition coefficient (Wildman–Crippen LogP) is 6.93. The van der Waals surface area contributed by atoms with Crippen LogP contribution in [0, 0.1) is 0 Å². The van der Waals surface area contributed by atoms with Crippen LogP contribution < -0.4 is 19.7 Å². The third-order valence-electron chi connectivity index (χ3n) is 6.68. The molecule has 12 heteroatoms. The SMILES string of the molecule is CCN(CCC[C@@H](C)Nc1ccnc2cc(Cl)ccc12)CCO[P@@](=O)(N[C@@H](C)C(=O)OC(C)C)Oc1ccc(OC)cc1. The zero-order chi connectivity index (χ0) is 31.4. The minimum atomic E-state index is -3.93. The number of methoxy groups -OCH3 is 1. The maximum atomic E-state index is 13.8. The number of halogens is 1. The summed E-state index contributed by atoms with van der Waals surface area (Å²) in [6.07, 6.45) is 3.38. The lowest BCUT2D eigenvalue weighted by molar-refractivity contribution is -0.149. The molecular weight excluding hydrogens is 591 g/mol. The van der Waals surface area contributed by atoms with E-state index in [1.54, 1.807) is 58.3 Å². The van der Waals surface area contributed by atoms with Crippen LogP contribution in [0.25, 0.3) is 10.9 Å². The van der Waals surface area contributed by atoms with E-state index in [2.05, 4.69) is 34.1 Å². The highest BCUT2D eigenvalue weighted by molar-refractivity contribution is 7.52. The zero-order valence-corrected chi connectivity index (χ0v) is 27.5. The quantitative estimate of drug-likeness (QED) is 0.113. The molecule has 10 nitrogen and oxygen atoms in total. The number of nitrogens with zero attached hydrogens (tertiary/aromatic N) is 2. The summed E-state index contributed by atoms with van der Waals surface area (Å²) in [7, 11) is -2.37. The molecule has 236 valence electrons. The number of ether oxygens (including phenoxy) is 2. The lowest BCUT2D eigenvalue weighted by atomic mass is 10.1. The van der Waals surface area contributed by atoms with Gasteiger partial charge in [0.15, 0.2) is 0 Å². The Bertz CT molecular complexity index is 1360. The van der Waals surface area contributed by atoms with E-state index in [0.29, 0.717) is 23.1 Å². The number of hydrogen-bond acceptors (Lipinski definition) is 9. The number of hydrogen-bond donors (Lipinski definition) is 2. The molecule has 1 aromatic heterocycles. The van der Waals surface area contributed by atoms with Gasteiger partial charge in [-0.3, -0.25) is 14.3 Å². The Kier molecular flexibility index (Phi) is 13.5. The van der Waals surface area contributed by atoms with E-state index >= 15 is 0 Å². The van der Waals surface area contributed by atoms with E-state index in [0.717, 1.165) is 42.5 Å². The number of rotatable bonds is 18. The van der Waals surface area contributed by atoms with Crippen molar-refractivity contribution in [1.82, 2.24) is 15.0 Å². The van der Waals surface area contributed by atoms with Crippen LogP contribution in [0.1, 0.15) is 47.5 Å². The Balaban J connectivity index is 1.53. The van der Waals surface area contributed by atoms with Gasteiger partial charge in [-0.15, -0.1) is 0 Å². The van der Waals surface area contributed by atoms with Gasteiger partial charge in [0.05, 0.1) is 25.3 Å². The standard InChI is InChI=1S/C31H44ClN4O6P/c1-7-36(18-8-9-23(4)34-29-16-17-33-30-21-25(32)10-15-28(29)30)19-20-40-43(38,35-24(5)31(37)41-22(2)3)42-27-13-11-26(39-6)12-14-27/h10-17,21-24H,7-9,18-20H2,1-6H3,(H,33,34)(H,35,38)/t23-,24+,43+/m1/s1. The molecule has 1 heterocycles. The maximum Gasteiger partial charge on any atom is 0.459 e. The molecule has 0 radical (unpaired) electrons. The number of esters is 1. The van der Waals surface area contributed by atoms with Crippen LogP contribution in [-0.2, 0) is 18.6 Å². The maximum absolute atomic E-state index is 13.8. The fraction of sp³-hybridized carbons (Fsp3) is 0.484. The normalized spacial score (nSPS) is 14.3. The summed E-state index contributed by atoms with van der Waals surface area (Å²) in [4.78, 5) is 19.0. The second-order valence-electron chi connectivity index (χ2n) is 10.6. The Hall–Kier alpha value is -2.88. The lowest BCUT2D eigenvalue weighted by Gasteiger charge is -2.25. The molecule has 3 aromatic rings. The molecule has 2 aromatic carbocycles. The van der Waals surface area contributed by atoms with E-state index in [1.165, 1.54) is 0 Å². The van der Waals surface area contributed by atoms with Crippen molar-refractivity contribution in [2.75, 3.05) is 38.7 Å². The Morgan fingerprint density at radius 3 is 2.44 bits per heavy atom. The van der Waals surface area contributed by atoms with Crippen LogP contribution in [0.2, 0.25) is 5.02 Å². The lowest BCUT2D eigenvalue weighted by Crippen LogP contribution is -2.37. The number of carbonyl (C=O) groups excluding carboxylic acids is 1. The van der Waals surface area contributed by atoms with Crippen molar-refractivity contribution in [3.05, 3.63) is 59.8 Å². The molecule has 0 amide bonds. The number of pyridine rings is 1. The summed E-state index contributed by atoms with van der Waals surface area (Å²) in [5.74, 6) is 0.408. The summed E-state index contributed by atoms with van der Waals surface area (Å²) >= 11 is 6.12. The number of carbonyl (C=O) groups is 1. The average Bonchev–Trinajstić information content (AvgIpc) is 2.96. The largest absolute Gasteiger partial charge is 0.497 e. The molecule has 0 fully saturated rings. The molecule has 0 unspecified atom stereocenters. The topological polar surface area (TPSA) is 111 Å². The second kappa shape index (κ2) is 16.8. The van der Waals surface area contributed by atoms with Gasteiger partial charge in [-0.1, -0.05) is 18.5 Å². The van der Waals surface area contributed by atoms with Crippen molar-refractivity contribution in [2.45, 2.75) is 65.6 Å². The zero-order valence-electron chi connectivity index (χ0n) is 25.8. The number of fused-ring (bicyclic) bond motifs is 1. The highest BCUT2D eigenvalue weighted by atomic mass is 35.5. The van der Waals surface area contributed by atoms with Crippen molar-refractivity contribution in [3.63, 3.8) is 0 Å². The van der Waals surface area contributed by atoms with Gasteiger partial charge in [0.25, 0.3) is 0 Å². The molecule has 3 rings (SSSR count). The van der Waals surface area contributed by atoms with Gasteiger partial charge in [-0.05, 0) is 102 Å². The fourth-order valence-corrected chi connectivity index (χ4v) is 6.06. The Morgan fingerprint density at radius 2 is 1.77 bits per heavy atom. The van der Waals surface area contributed by atoms with Crippen LogP contribution in [0.5, 0.6) is 11.5 Å². The van der Waals surface area contributed by atoms with Gasteiger partial charge in [0.1, 0.15) is 17.5 Å². The fourth-order valence-electron chi connectivity index (χ4n) is 4.41. The summed E-state index contributed by atoms with van der Waals surface area (Å²) in [5.41, 5.74) is 1.89. The predicted molar refractivity (Wildman–Crippen MR) is 172 cm³/mol. The first-order valence-electron chi connectivity index (χ1n) is 14.6. The van der Waals surface area contributed by atoms with Crippen LogP contribution in [0.3, 0.4) is 0 Å². The number of anilines is 1. The third-order valence-corrected chi connectivity index (χ3v) is 8.59. The van der Waals surface area contributed by atoms with E-state index in [9.17, 15) is 9.36 Å². The van der Waals surface area contributed by atoms with E-state index in [4.69, 9.17) is 30.1 Å². The molecule has 0 aliphatic heterocycles. The molecule has 0 bridgehead atoms. The monoisotopic (exact) mass is 634 g/mol. The minimum absolute atomic E-state index is 0.138. The molecule has 0 aliphatic rings. The number of likely N-dealkylation sites (N-methyl/N-ethyl adjacent to an activating group) is 1. The summed E-state index contributed by atoms with van der Waals surface area (Å²) in [6.45, 7) is 11.6. The number of nitrogens with one attached hydrogen (secondary N) is 2. The molecule has 43 heavy (non-hydrogen) atoms. The third kappa shape index (κ3) is 11.3. The first kappa shape index (κ1) is 34.6. The average molecular weight is 635 g/mol. The van der Waals surface area contributed by atoms with Crippen molar-refractivity contribution in [3.8, 4) is 11.5 Å². The first-order valence-corrected chi connectivity index (χ1v) is 16.5. The highest BCUT2D eigenvalue weighted by Crippen LogP contribution is 2.45. The van der Waals surface area contributed by atoms with Gasteiger partial charge in [0, 0.05) is 34.9 Å². The molecule has 0 saturated heterocycles. The van der Waals surface area contributed by atoms with E-state index < -0.39 is 19.8 Å². The number of benzene rings is 2. The van der Waals surface area contributed by atoms with E-state index in [1.807, 2.05) is 24.3 Å². The van der Waals surface area contributed by atoms with Crippen molar-refractivity contribution in [2.24, 2.45) is 0 Å². The minimum Gasteiger partial charge on any atom is -0.497 e. The summed E-state index contributed by atoms with van der Waals surface area (Å²) < 4.78 is 35.8. The summed E-state index contributed by atoms with van der Waals surface area (Å²) in [6, 6.07) is 13.7. The van der Waals surface area contributed by atoms with Crippen LogP contribution in [0.4, 0.5) is 5.69 Å². The van der Waals surface area contributed by atoms with Crippen molar-refractivity contribution in [1.29, 1.82) is 0 Å². The Morgan fingerprint density at radius 1 is 1.05 bits per heavy atom. The van der Waals surface area contributed by atoms with Gasteiger partial charge in [-0.25, -0.2) is 4.57 Å². The van der Waals surface area contributed by atoms with Crippen LogP contribution >= 0.6 is 19.3 Å². The Labute approximate surface area is 260 Å². The van der Waals surface area contributed by atoms with Gasteiger partial charge in [-0.2, -0.15) is 5.09 Å². The molecule has 0 aliphatic carbocycles. The smallest absolute Gasteiger partial charge is 0.459 e. The van der Waals surface area contributed by atoms with Crippen molar-refractivity contribution >= 4 is 41.9 Å². The highest BCUT2D eigenvalue weighted by Gasteiger charge is 2.32. The molecule has 2 N–H and O–H groups in total. The second-order valence-corrected chi connectivity index (χ2v) is 12.7. The number of aromatic nitrogens is 1. The molecule has 0 spiro atoms. The molecule has 0 saturated carbocycles. The van der Waals surface area contributed by atoms with E-state index in [-0.39, 0.29) is 18.8 Å². The van der Waals surface area contributed by atoms with Gasteiger partial charge in [0.2, 0.25) is 0 Å².